The van der Waals surface area contributed by atoms with Crippen molar-refractivity contribution in [2.75, 3.05) is 11.1 Å². The topological polar surface area (TPSA) is 64.1 Å². The first kappa shape index (κ1) is 15.7. The highest BCUT2D eigenvalue weighted by Crippen LogP contribution is 2.39. The summed E-state index contributed by atoms with van der Waals surface area (Å²) < 4.78 is 5.65. The highest BCUT2D eigenvalue weighted by atomic mass is 32.2. The van der Waals surface area contributed by atoms with E-state index in [1.165, 1.54) is 4.90 Å². The molecule has 0 spiro atoms. The summed E-state index contributed by atoms with van der Waals surface area (Å²) in [5.41, 5.74) is 1.79. The summed E-state index contributed by atoms with van der Waals surface area (Å²) in [7, 11) is 0. The van der Waals surface area contributed by atoms with Crippen molar-refractivity contribution < 1.29 is 9.53 Å². The minimum Gasteiger partial charge on any atom is -0.437 e. The zero-order valence-electron chi connectivity index (χ0n) is 13.3. The zero-order chi connectivity index (χ0) is 17.1. The Kier molecular flexibility index (Phi) is 4.35. The molecule has 2 aromatic carbocycles. The van der Waals surface area contributed by atoms with Crippen LogP contribution in [0.5, 0.6) is 11.6 Å². The van der Waals surface area contributed by atoms with Crippen LogP contribution in [0.3, 0.4) is 0 Å². The number of thioether (sulfide) groups is 1. The molecular formula is C19H15N3O2S. The van der Waals surface area contributed by atoms with E-state index in [1.807, 2.05) is 36.4 Å². The molecule has 1 N–H and O–H groups in total. The number of carbonyl (C=O) groups excluding carboxylic acids is 1. The van der Waals surface area contributed by atoms with Gasteiger partial charge in [0.2, 0.25) is 11.8 Å². The Morgan fingerprint density at radius 3 is 2.92 bits per heavy atom. The molecule has 0 fully saturated rings. The van der Waals surface area contributed by atoms with Crippen molar-refractivity contribution in [3.05, 3.63) is 72.4 Å². The number of benzene rings is 2. The van der Waals surface area contributed by atoms with Crippen molar-refractivity contribution in [3.8, 4) is 11.6 Å². The molecule has 6 heteroatoms. The number of ether oxygens (including phenoxy) is 1. The fourth-order valence-electron chi connectivity index (χ4n) is 2.71. The quantitative estimate of drug-likeness (QED) is 0.768. The van der Waals surface area contributed by atoms with Crippen LogP contribution in [0, 0.1) is 0 Å². The van der Waals surface area contributed by atoms with E-state index in [9.17, 15) is 4.79 Å². The van der Waals surface area contributed by atoms with Crippen LogP contribution >= 0.6 is 11.8 Å². The number of hydrogen-bond acceptors (Lipinski definition) is 5. The molecule has 1 aromatic heterocycles. The summed E-state index contributed by atoms with van der Waals surface area (Å²) in [6.45, 7) is 0. The Balaban J connectivity index is 1.48. The maximum Gasteiger partial charge on any atom is 0.238 e. The van der Waals surface area contributed by atoms with E-state index in [-0.39, 0.29) is 11.8 Å². The largest absolute Gasteiger partial charge is 0.437 e. The van der Waals surface area contributed by atoms with Crippen molar-refractivity contribution >= 4 is 23.4 Å². The predicted octanol–water partition coefficient (Wildman–Crippen LogP) is 4.10. The summed E-state index contributed by atoms with van der Waals surface area (Å²) in [5, 5.41) is 10.7. The highest BCUT2D eigenvalue weighted by molar-refractivity contribution is 7.99. The second kappa shape index (κ2) is 6.94. The minimum absolute atomic E-state index is 0.00546. The lowest BCUT2D eigenvalue weighted by atomic mass is 10.0. The molecule has 124 valence electrons. The van der Waals surface area contributed by atoms with Crippen molar-refractivity contribution in [1.29, 1.82) is 0 Å². The van der Waals surface area contributed by atoms with Gasteiger partial charge in [0.25, 0.3) is 0 Å². The number of fused-ring (bicyclic) bond motifs is 1. The van der Waals surface area contributed by atoms with Gasteiger partial charge in [-0.25, -0.2) is 0 Å². The lowest BCUT2D eigenvalue weighted by Gasteiger charge is -2.12. The molecule has 0 radical (unpaired) electrons. The second-order valence-corrected chi connectivity index (χ2v) is 6.64. The van der Waals surface area contributed by atoms with Gasteiger partial charge in [-0.15, -0.1) is 16.9 Å². The third kappa shape index (κ3) is 3.49. The maximum atomic E-state index is 12.7. The molecule has 0 saturated carbocycles. The van der Waals surface area contributed by atoms with Crippen LogP contribution in [0.15, 0.2) is 71.8 Å². The highest BCUT2D eigenvalue weighted by Gasteiger charge is 2.28. The molecular weight excluding hydrogens is 334 g/mol. The lowest BCUT2D eigenvalue weighted by molar-refractivity contribution is -0.117. The van der Waals surface area contributed by atoms with Crippen LogP contribution in [0.25, 0.3) is 0 Å². The Labute approximate surface area is 149 Å². The van der Waals surface area contributed by atoms with E-state index in [1.54, 1.807) is 36.2 Å². The van der Waals surface area contributed by atoms with Crippen LogP contribution in [0.1, 0.15) is 11.5 Å². The summed E-state index contributed by atoms with van der Waals surface area (Å²) in [6, 6.07) is 18.8. The van der Waals surface area contributed by atoms with Gasteiger partial charge in [0.05, 0.1) is 5.92 Å². The van der Waals surface area contributed by atoms with Gasteiger partial charge in [0.1, 0.15) is 5.75 Å². The van der Waals surface area contributed by atoms with Crippen molar-refractivity contribution in [2.45, 2.75) is 10.8 Å². The van der Waals surface area contributed by atoms with Gasteiger partial charge in [0, 0.05) is 34.7 Å². The minimum atomic E-state index is -0.134. The maximum absolute atomic E-state index is 12.7. The summed E-state index contributed by atoms with van der Waals surface area (Å²) >= 11 is 1.72. The number of nitrogens with one attached hydrogen (secondary N) is 1. The van der Waals surface area contributed by atoms with E-state index >= 15 is 0 Å². The molecule has 1 aliphatic heterocycles. The Morgan fingerprint density at radius 1 is 1.12 bits per heavy atom. The van der Waals surface area contributed by atoms with Gasteiger partial charge in [-0.3, -0.25) is 4.79 Å². The molecule has 2 heterocycles. The Morgan fingerprint density at radius 2 is 2.04 bits per heavy atom. The van der Waals surface area contributed by atoms with Crippen LogP contribution in [0.2, 0.25) is 0 Å². The molecule has 0 unspecified atom stereocenters. The lowest BCUT2D eigenvalue weighted by Crippen LogP contribution is -2.20. The normalized spacial score (nSPS) is 15.4. The van der Waals surface area contributed by atoms with Crippen LogP contribution in [0.4, 0.5) is 5.69 Å². The summed E-state index contributed by atoms with van der Waals surface area (Å²) in [5.74, 6) is 1.63. The Bertz CT molecular complexity index is 902. The van der Waals surface area contributed by atoms with Gasteiger partial charge >= 0.3 is 0 Å². The first-order chi connectivity index (χ1) is 12.3. The first-order valence-electron chi connectivity index (χ1n) is 7.88. The molecule has 3 aromatic rings. The average molecular weight is 349 g/mol. The van der Waals surface area contributed by atoms with Gasteiger partial charge < -0.3 is 10.1 Å². The number of anilines is 1. The number of rotatable bonds is 4. The molecule has 1 amide bonds. The smallest absolute Gasteiger partial charge is 0.238 e. The monoisotopic (exact) mass is 349 g/mol. The number of carbonyl (C=O) groups is 1. The van der Waals surface area contributed by atoms with Crippen molar-refractivity contribution in [1.82, 2.24) is 10.2 Å². The summed E-state index contributed by atoms with van der Waals surface area (Å²) in [4.78, 5) is 13.8. The van der Waals surface area contributed by atoms with Gasteiger partial charge in [-0.2, -0.15) is 5.10 Å². The average Bonchev–Trinajstić information content (AvgIpc) is 3.07. The zero-order valence-corrected chi connectivity index (χ0v) is 14.1. The molecule has 0 aliphatic carbocycles. The molecule has 1 aliphatic rings. The number of amides is 1. The SMILES string of the molecule is O=C(Nc1cccc(Oc2cccnn2)c1)[C@@H]1CSc2ccccc21. The van der Waals surface area contributed by atoms with Crippen molar-refractivity contribution in [3.63, 3.8) is 0 Å². The van der Waals surface area contributed by atoms with Gasteiger partial charge in [0.15, 0.2) is 0 Å². The fourth-order valence-corrected chi connectivity index (χ4v) is 3.94. The van der Waals surface area contributed by atoms with E-state index in [0.717, 1.165) is 11.3 Å². The number of hydrogen-bond donors (Lipinski definition) is 1. The van der Waals surface area contributed by atoms with E-state index in [0.29, 0.717) is 17.3 Å². The van der Waals surface area contributed by atoms with Gasteiger partial charge in [-0.05, 0) is 29.8 Å². The van der Waals surface area contributed by atoms with E-state index < -0.39 is 0 Å². The standard InChI is InChI=1S/C19H15N3O2S/c23-19(16-12-25-17-8-2-1-7-15(16)17)21-13-5-3-6-14(11-13)24-18-9-4-10-20-22-18/h1-11,16H,12H2,(H,21,23)/t16-/m1/s1. The molecule has 4 rings (SSSR count). The molecule has 0 bridgehead atoms. The van der Waals surface area contributed by atoms with Crippen LogP contribution in [-0.4, -0.2) is 21.9 Å². The van der Waals surface area contributed by atoms with Crippen LogP contribution < -0.4 is 10.1 Å². The van der Waals surface area contributed by atoms with Crippen molar-refractivity contribution in [2.24, 2.45) is 0 Å². The van der Waals surface area contributed by atoms with E-state index in [2.05, 4.69) is 21.6 Å². The number of nitrogens with zero attached hydrogens (tertiary/aromatic N) is 2. The molecule has 25 heavy (non-hydrogen) atoms. The van der Waals surface area contributed by atoms with E-state index in [4.69, 9.17) is 4.74 Å². The van der Waals surface area contributed by atoms with Crippen LogP contribution in [-0.2, 0) is 4.79 Å². The van der Waals surface area contributed by atoms with Gasteiger partial charge in [-0.1, -0.05) is 24.3 Å². The molecule has 1 atom stereocenters. The third-order valence-electron chi connectivity index (χ3n) is 3.89. The third-order valence-corrected chi connectivity index (χ3v) is 5.07. The Hall–Kier alpha value is -2.86. The first-order valence-corrected chi connectivity index (χ1v) is 8.86. The fraction of sp³-hybridized carbons (Fsp3) is 0.105. The second-order valence-electron chi connectivity index (χ2n) is 5.58. The number of aromatic nitrogens is 2. The molecule has 0 saturated heterocycles. The predicted molar refractivity (Wildman–Crippen MR) is 97.1 cm³/mol. The molecule has 5 nitrogen and oxygen atoms in total. The summed E-state index contributed by atoms with van der Waals surface area (Å²) in [6.07, 6.45) is 1.58.